The number of anilines is 3. The fourth-order valence-electron chi connectivity index (χ4n) is 1.67. The SMILES string of the molecule is CCNc1nc(NCC(C)(C)CCOC)nc(N(C)C)n1. The molecule has 0 aliphatic carbocycles. The van der Waals surface area contributed by atoms with Crippen molar-refractivity contribution in [3.05, 3.63) is 0 Å². The molecule has 1 heterocycles. The molecule has 120 valence electrons. The van der Waals surface area contributed by atoms with Crippen molar-refractivity contribution in [3.8, 4) is 0 Å². The van der Waals surface area contributed by atoms with Crippen molar-refractivity contribution in [1.82, 2.24) is 15.0 Å². The fraction of sp³-hybridized carbons (Fsp3) is 0.786. The molecular weight excluding hydrogens is 268 g/mol. The van der Waals surface area contributed by atoms with Gasteiger partial charge < -0.3 is 20.3 Å². The summed E-state index contributed by atoms with van der Waals surface area (Å²) in [6.07, 6.45) is 0.974. The zero-order valence-electron chi connectivity index (χ0n) is 14.0. The van der Waals surface area contributed by atoms with Crippen LogP contribution in [0.25, 0.3) is 0 Å². The Morgan fingerprint density at radius 1 is 1.10 bits per heavy atom. The molecule has 0 aromatic carbocycles. The molecule has 7 heteroatoms. The number of rotatable bonds is 9. The van der Waals surface area contributed by atoms with Crippen LogP contribution >= 0.6 is 0 Å². The van der Waals surface area contributed by atoms with Crippen LogP contribution in [0.5, 0.6) is 0 Å². The zero-order valence-corrected chi connectivity index (χ0v) is 14.0. The first-order valence-corrected chi connectivity index (χ1v) is 7.28. The van der Waals surface area contributed by atoms with Gasteiger partial charge in [0.1, 0.15) is 0 Å². The summed E-state index contributed by atoms with van der Waals surface area (Å²) >= 11 is 0. The highest BCUT2D eigenvalue weighted by atomic mass is 16.5. The minimum Gasteiger partial charge on any atom is -0.385 e. The zero-order chi connectivity index (χ0) is 15.9. The number of aromatic nitrogens is 3. The number of hydrogen-bond donors (Lipinski definition) is 2. The second kappa shape index (κ2) is 7.97. The van der Waals surface area contributed by atoms with E-state index in [-0.39, 0.29) is 5.41 Å². The third-order valence-electron chi connectivity index (χ3n) is 3.07. The molecule has 1 aromatic rings. The highest BCUT2D eigenvalue weighted by molar-refractivity contribution is 5.42. The summed E-state index contributed by atoms with van der Waals surface area (Å²) in [5.41, 5.74) is 0.110. The number of methoxy groups -OCH3 is 1. The Labute approximate surface area is 127 Å². The molecule has 0 saturated carbocycles. The highest BCUT2D eigenvalue weighted by Gasteiger charge is 2.18. The lowest BCUT2D eigenvalue weighted by Gasteiger charge is -2.24. The van der Waals surface area contributed by atoms with E-state index in [1.807, 2.05) is 25.9 Å². The van der Waals surface area contributed by atoms with Crippen LogP contribution in [0.4, 0.5) is 17.8 Å². The van der Waals surface area contributed by atoms with Crippen LogP contribution in [0.1, 0.15) is 27.2 Å². The molecule has 0 saturated heterocycles. The lowest BCUT2D eigenvalue weighted by Crippen LogP contribution is -2.26. The van der Waals surface area contributed by atoms with Crippen LogP contribution in [0.15, 0.2) is 0 Å². The third-order valence-corrected chi connectivity index (χ3v) is 3.07. The average Bonchev–Trinajstić information content (AvgIpc) is 2.43. The van der Waals surface area contributed by atoms with E-state index in [4.69, 9.17) is 4.74 Å². The summed E-state index contributed by atoms with van der Waals surface area (Å²) in [5, 5.41) is 6.43. The monoisotopic (exact) mass is 296 g/mol. The van der Waals surface area contributed by atoms with Gasteiger partial charge in [-0.2, -0.15) is 15.0 Å². The van der Waals surface area contributed by atoms with Gasteiger partial charge in [-0.3, -0.25) is 0 Å². The molecule has 0 radical (unpaired) electrons. The van der Waals surface area contributed by atoms with E-state index in [0.717, 1.165) is 26.1 Å². The molecule has 0 atom stereocenters. The van der Waals surface area contributed by atoms with Gasteiger partial charge in [0, 0.05) is 40.9 Å². The summed E-state index contributed by atoms with van der Waals surface area (Å²) in [6.45, 7) is 8.70. The molecule has 1 rings (SSSR count). The molecule has 0 aliphatic heterocycles. The maximum atomic E-state index is 5.15. The molecule has 7 nitrogen and oxygen atoms in total. The normalized spacial score (nSPS) is 11.3. The largest absolute Gasteiger partial charge is 0.385 e. The van der Waals surface area contributed by atoms with Crippen molar-refractivity contribution < 1.29 is 4.74 Å². The number of nitrogens with zero attached hydrogens (tertiary/aromatic N) is 4. The maximum absolute atomic E-state index is 5.15. The van der Waals surface area contributed by atoms with Gasteiger partial charge in [-0.1, -0.05) is 13.8 Å². The first-order valence-electron chi connectivity index (χ1n) is 7.28. The second-order valence-electron chi connectivity index (χ2n) is 5.97. The van der Waals surface area contributed by atoms with Crippen LogP contribution in [-0.4, -0.2) is 55.9 Å². The van der Waals surface area contributed by atoms with E-state index in [9.17, 15) is 0 Å². The molecule has 0 aliphatic rings. The van der Waals surface area contributed by atoms with Gasteiger partial charge in [0.05, 0.1) is 0 Å². The predicted molar refractivity (Wildman–Crippen MR) is 87.1 cm³/mol. The van der Waals surface area contributed by atoms with Crippen LogP contribution < -0.4 is 15.5 Å². The van der Waals surface area contributed by atoms with E-state index < -0.39 is 0 Å². The standard InChI is InChI=1S/C14H28N6O/c1-7-15-11-17-12(19-13(18-11)20(4)5)16-10-14(2,3)8-9-21-6/h7-10H2,1-6H3,(H2,15,16,17,18,19). The van der Waals surface area contributed by atoms with Crippen LogP contribution in [0, 0.1) is 5.41 Å². The van der Waals surface area contributed by atoms with E-state index >= 15 is 0 Å². The van der Waals surface area contributed by atoms with Gasteiger partial charge >= 0.3 is 0 Å². The van der Waals surface area contributed by atoms with Gasteiger partial charge in [0.2, 0.25) is 17.8 Å². The van der Waals surface area contributed by atoms with Crippen molar-refractivity contribution >= 4 is 17.8 Å². The van der Waals surface area contributed by atoms with E-state index in [1.54, 1.807) is 7.11 Å². The Kier molecular flexibility index (Phi) is 6.61. The molecular formula is C14H28N6O. The van der Waals surface area contributed by atoms with Crippen molar-refractivity contribution in [1.29, 1.82) is 0 Å². The summed E-state index contributed by atoms with van der Waals surface area (Å²) in [7, 11) is 5.55. The molecule has 0 bridgehead atoms. The summed E-state index contributed by atoms with van der Waals surface area (Å²) in [6, 6.07) is 0. The van der Waals surface area contributed by atoms with E-state index in [0.29, 0.717) is 17.8 Å². The minimum absolute atomic E-state index is 0.110. The van der Waals surface area contributed by atoms with Crippen LogP contribution in [0.2, 0.25) is 0 Å². The average molecular weight is 296 g/mol. The lowest BCUT2D eigenvalue weighted by molar-refractivity contribution is 0.157. The van der Waals surface area contributed by atoms with Gasteiger partial charge in [-0.15, -0.1) is 0 Å². The van der Waals surface area contributed by atoms with Gasteiger partial charge in [-0.25, -0.2) is 0 Å². The summed E-state index contributed by atoms with van der Waals surface area (Å²) in [5.74, 6) is 1.82. The van der Waals surface area contributed by atoms with E-state index in [2.05, 4.69) is 39.4 Å². The fourth-order valence-corrected chi connectivity index (χ4v) is 1.67. The molecule has 21 heavy (non-hydrogen) atoms. The molecule has 0 fully saturated rings. The van der Waals surface area contributed by atoms with Gasteiger partial charge in [0.15, 0.2) is 0 Å². The Hall–Kier alpha value is -1.63. The number of nitrogens with one attached hydrogen (secondary N) is 2. The molecule has 1 aromatic heterocycles. The minimum atomic E-state index is 0.110. The molecule has 0 spiro atoms. The first kappa shape index (κ1) is 17.4. The predicted octanol–water partition coefficient (Wildman–Crippen LogP) is 1.84. The third kappa shape index (κ3) is 6.12. The Morgan fingerprint density at radius 2 is 1.71 bits per heavy atom. The Morgan fingerprint density at radius 3 is 2.24 bits per heavy atom. The maximum Gasteiger partial charge on any atom is 0.231 e. The van der Waals surface area contributed by atoms with Gasteiger partial charge in [-0.05, 0) is 18.8 Å². The van der Waals surface area contributed by atoms with Gasteiger partial charge in [0.25, 0.3) is 0 Å². The van der Waals surface area contributed by atoms with Crippen molar-refractivity contribution in [2.24, 2.45) is 5.41 Å². The summed E-state index contributed by atoms with van der Waals surface area (Å²) < 4.78 is 5.15. The molecule has 0 unspecified atom stereocenters. The smallest absolute Gasteiger partial charge is 0.231 e. The number of ether oxygens (including phenoxy) is 1. The van der Waals surface area contributed by atoms with Crippen molar-refractivity contribution in [3.63, 3.8) is 0 Å². The Bertz CT molecular complexity index is 435. The van der Waals surface area contributed by atoms with Crippen molar-refractivity contribution in [2.75, 3.05) is 56.4 Å². The topological polar surface area (TPSA) is 75.2 Å². The first-order chi connectivity index (χ1) is 9.88. The molecule has 2 N–H and O–H groups in total. The lowest BCUT2D eigenvalue weighted by atomic mass is 9.90. The Balaban J connectivity index is 2.77. The molecule has 0 amide bonds. The van der Waals surface area contributed by atoms with Crippen LogP contribution in [0.3, 0.4) is 0 Å². The van der Waals surface area contributed by atoms with Crippen molar-refractivity contribution in [2.45, 2.75) is 27.2 Å². The highest BCUT2D eigenvalue weighted by Crippen LogP contribution is 2.21. The quantitative estimate of drug-likeness (QED) is 0.720. The van der Waals surface area contributed by atoms with Crippen LogP contribution in [-0.2, 0) is 4.74 Å². The summed E-state index contributed by atoms with van der Waals surface area (Å²) in [4.78, 5) is 15.0. The number of hydrogen-bond acceptors (Lipinski definition) is 7. The van der Waals surface area contributed by atoms with E-state index in [1.165, 1.54) is 0 Å². The second-order valence-corrected chi connectivity index (χ2v) is 5.97.